The van der Waals surface area contributed by atoms with Crippen molar-refractivity contribution in [2.45, 2.75) is 0 Å². The summed E-state index contributed by atoms with van der Waals surface area (Å²) >= 11 is 0. The number of nitrogens with two attached hydrogens (primary N) is 1. The van der Waals surface area contributed by atoms with Gasteiger partial charge in [0.25, 0.3) is 0 Å². The third kappa shape index (κ3) is 3.25. The van der Waals surface area contributed by atoms with Crippen LogP contribution in [0.2, 0.25) is 0 Å². The monoisotopic (exact) mass is 208 g/mol. The number of anilines is 1. The molecule has 0 aliphatic rings. The fraction of sp³-hybridized carbons (Fsp3) is 0.364. The molecule has 0 spiro atoms. The van der Waals surface area contributed by atoms with E-state index in [9.17, 15) is 4.79 Å². The summed E-state index contributed by atoms with van der Waals surface area (Å²) < 4.78 is 4.98. The quantitative estimate of drug-likeness (QED) is 0.781. The van der Waals surface area contributed by atoms with E-state index in [1.165, 1.54) is 0 Å². The number of hydrogen-bond acceptors (Lipinski definition) is 3. The molecule has 1 aromatic rings. The molecule has 4 heteroatoms. The Morgan fingerprint density at radius 3 is 2.87 bits per heavy atom. The van der Waals surface area contributed by atoms with E-state index in [4.69, 9.17) is 10.5 Å². The zero-order valence-electron chi connectivity index (χ0n) is 9.06. The predicted molar refractivity (Wildman–Crippen MR) is 60.1 cm³/mol. The maximum Gasteiger partial charge on any atom is 0.248 e. The molecule has 4 nitrogen and oxygen atoms in total. The largest absolute Gasteiger partial charge is 0.383 e. The molecule has 0 bridgehead atoms. The van der Waals surface area contributed by atoms with E-state index in [1.807, 2.05) is 24.1 Å². The first kappa shape index (κ1) is 11.5. The first-order chi connectivity index (χ1) is 7.15. The van der Waals surface area contributed by atoms with E-state index >= 15 is 0 Å². The van der Waals surface area contributed by atoms with Crippen LogP contribution in [0.1, 0.15) is 10.4 Å². The average Bonchev–Trinajstić information content (AvgIpc) is 2.26. The molecular formula is C11H16N2O2. The molecule has 0 atom stereocenters. The molecule has 0 fully saturated rings. The Morgan fingerprint density at radius 2 is 2.27 bits per heavy atom. The van der Waals surface area contributed by atoms with Crippen LogP contribution in [-0.2, 0) is 4.74 Å². The van der Waals surface area contributed by atoms with Gasteiger partial charge in [-0.25, -0.2) is 0 Å². The Morgan fingerprint density at radius 1 is 1.53 bits per heavy atom. The molecule has 15 heavy (non-hydrogen) atoms. The van der Waals surface area contributed by atoms with Crippen LogP contribution in [0.25, 0.3) is 0 Å². The number of benzene rings is 1. The van der Waals surface area contributed by atoms with Gasteiger partial charge in [0.1, 0.15) is 0 Å². The van der Waals surface area contributed by atoms with Gasteiger partial charge in [-0.1, -0.05) is 6.07 Å². The summed E-state index contributed by atoms with van der Waals surface area (Å²) in [6.45, 7) is 1.43. The number of carbonyl (C=O) groups is 1. The Bertz CT molecular complexity index is 339. The lowest BCUT2D eigenvalue weighted by Gasteiger charge is -2.19. The summed E-state index contributed by atoms with van der Waals surface area (Å²) in [5.41, 5.74) is 6.69. The molecule has 0 saturated carbocycles. The molecular weight excluding hydrogens is 192 g/mol. The highest BCUT2D eigenvalue weighted by Crippen LogP contribution is 2.14. The van der Waals surface area contributed by atoms with Crippen LogP contribution >= 0.6 is 0 Å². The van der Waals surface area contributed by atoms with Crippen molar-refractivity contribution < 1.29 is 9.53 Å². The summed E-state index contributed by atoms with van der Waals surface area (Å²) in [5.74, 6) is -0.406. The lowest BCUT2D eigenvalue weighted by Crippen LogP contribution is -2.22. The van der Waals surface area contributed by atoms with Crippen molar-refractivity contribution in [2.24, 2.45) is 5.73 Å². The first-order valence-corrected chi connectivity index (χ1v) is 4.75. The number of nitrogens with zero attached hydrogens (tertiary/aromatic N) is 1. The van der Waals surface area contributed by atoms with Crippen LogP contribution in [0.15, 0.2) is 24.3 Å². The van der Waals surface area contributed by atoms with E-state index in [1.54, 1.807) is 19.2 Å². The van der Waals surface area contributed by atoms with Crippen molar-refractivity contribution in [3.8, 4) is 0 Å². The van der Waals surface area contributed by atoms with Crippen molar-refractivity contribution in [3.63, 3.8) is 0 Å². The molecule has 0 radical (unpaired) electrons. The van der Waals surface area contributed by atoms with E-state index in [0.29, 0.717) is 12.2 Å². The highest BCUT2D eigenvalue weighted by molar-refractivity contribution is 5.93. The molecule has 0 unspecified atom stereocenters. The van der Waals surface area contributed by atoms with Gasteiger partial charge in [0.15, 0.2) is 0 Å². The summed E-state index contributed by atoms with van der Waals surface area (Å²) in [5, 5.41) is 0. The average molecular weight is 208 g/mol. The molecule has 82 valence electrons. The number of primary amides is 1. The van der Waals surface area contributed by atoms with Crippen LogP contribution in [0, 0.1) is 0 Å². The van der Waals surface area contributed by atoms with Crippen LogP contribution < -0.4 is 10.6 Å². The number of rotatable bonds is 5. The van der Waals surface area contributed by atoms with E-state index < -0.39 is 5.91 Å². The lowest BCUT2D eigenvalue weighted by molar-refractivity contribution is 0.100. The predicted octanol–water partition coefficient (Wildman–Crippen LogP) is 0.868. The lowest BCUT2D eigenvalue weighted by atomic mass is 10.2. The summed E-state index contributed by atoms with van der Waals surface area (Å²) in [4.78, 5) is 13.0. The fourth-order valence-electron chi connectivity index (χ4n) is 1.25. The topological polar surface area (TPSA) is 55.6 Å². The zero-order chi connectivity index (χ0) is 11.3. The standard InChI is InChI=1S/C11H16N2O2/c1-13(6-7-15-2)10-5-3-4-9(8-10)11(12)14/h3-5,8H,6-7H2,1-2H3,(H2,12,14). The Kier molecular flexibility index (Phi) is 4.12. The smallest absolute Gasteiger partial charge is 0.248 e. The van der Waals surface area contributed by atoms with Crippen LogP contribution in [0.5, 0.6) is 0 Å². The van der Waals surface area contributed by atoms with Crippen LogP contribution in [0.4, 0.5) is 5.69 Å². The first-order valence-electron chi connectivity index (χ1n) is 4.75. The SMILES string of the molecule is COCCN(C)c1cccc(C(N)=O)c1. The van der Waals surface area contributed by atoms with Gasteiger partial charge in [0.2, 0.25) is 5.91 Å². The number of ether oxygens (including phenoxy) is 1. The summed E-state index contributed by atoms with van der Waals surface area (Å²) in [6, 6.07) is 7.23. The molecule has 0 aromatic heterocycles. The van der Waals surface area contributed by atoms with Gasteiger partial charge in [-0.15, -0.1) is 0 Å². The second kappa shape index (κ2) is 5.36. The molecule has 0 aliphatic heterocycles. The maximum absolute atomic E-state index is 11.0. The van der Waals surface area contributed by atoms with Crippen molar-refractivity contribution in [3.05, 3.63) is 29.8 Å². The third-order valence-electron chi connectivity index (χ3n) is 2.20. The van der Waals surface area contributed by atoms with Gasteiger partial charge in [-0.3, -0.25) is 4.79 Å². The molecule has 1 amide bonds. The van der Waals surface area contributed by atoms with E-state index in [2.05, 4.69) is 0 Å². The van der Waals surface area contributed by atoms with Gasteiger partial charge in [-0.05, 0) is 18.2 Å². The Hall–Kier alpha value is -1.55. The van der Waals surface area contributed by atoms with Gasteiger partial charge in [-0.2, -0.15) is 0 Å². The third-order valence-corrected chi connectivity index (χ3v) is 2.20. The number of methoxy groups -OCH3 is 1. The van der Waals surface area contributed by atoms with Crippen LogP contribution in [0.3, 0.4) is 0 Å². The second-order valence-electron chi connectivity index (χ2n) is 3.33. The van der Waals surface area contributed by atoms with Crippen molar-refractivity contribution >= 4 is 11.6 Å². The molecule has 2 N–H and O–H groups in total. The molecule has 0 saturated heterocycles. The summed E-state index contributed by atoms with van der Waals surface area (Å²) in [7, 11) is 3.60. The van der Waals surface area contributed by atoms with Gasteiger partial charge >= 0.3 is 0 Å². The normalized spacial score (nSPS) is 10.0. The number of likely N-dealkylation sites (N-methyl/N-ethyl adjacent to an activating group) is 1. The van der Waals surface area contributed by atoms with Crippen molar-refractivity contribution in [1.29, 1.82) is 0 Å². The minimum atomic E-state index is -0.406. The van der Waals surface area contributed by atoms with Gasteiger partial charge in [0, 0.05) is 32.0 Å². The van der Waals surface area contributed by atoms with Gasteiger partial charge < -0.3 is 15.4 Å². The highest BCUT2D eigenvalue weighted by atomic mass is 16.5. The Balaban J connectivity index is 2.76. The van der Waals surface area contributed by atoms with Crippen molar-refractivity contribution in [2.75, 3.05) is 32.2 Å². The maximum atomic E-state index is 11.0. The van der Waals surface area contributed by atoms with Crippen LogP contribution in [-0.4, -0.2) is 33.2 Å². The van der Waals surface area contributed by atoms with Gasteiger partial charge in [0.05, 0.1) is 6.61 Å². The van der Waals surface area contributed by atoms with E-state index in [-0.39, 0.29) is 0 Å². The minimum Gasteiger partial charge on any atom is -0.383 e. The Labute approximate surface area is 89.6 Å². The second-order valence-corrected chi connectivity index (χ2v) is 3.33. The van der Waals surface area contributed by atoms with E-state index in [0.717, 1.165) is 12.2 Å². The number of hydrogen-bond donors (Lipinski definition) is 1. The molecule has 0 heterocycles. The molecule has 1 aromatic carbocycles. The number of amides is 1. The molecule has 0 aliphatic carbocycles. The highest BCUT2D eigenvalue weighted by Gasteiger charge is 2.04. The summed E-state index contributed by atoms with van der Waals surface area (Å²) in [6.07, 6.45) is 0. The minimum absolute atomic E-state index is 0.406. The molecule has 1 rings (SSSR count). The van der Waals surface area contributed by atoms with Crippen molar-refractivity contribution in [1.82, 2.24) is 0 Å². The zero-order valence-corrected chi connectivity index (χ0v) is 9.06. The fourth-order valence-corrected chi connectivity index (χ4v) is 1.25. The number of carbonyl (C=O) groups excluding carboxylic acids is 1.